The highest BCUT2D eigenvalue weighted by molar-refractivity contribution is 6.33. The molecule has 0 bridgehead atoms. The summed E-state index contributed by atoms with van der Waals surface area (Å²) in [4.78, 5) is 53.2. The Kier molecular flexibility index (Phi) is 6.87. The zero-order valence-electron chi connectivity index (χ0n) is 33.6. The first kappa shape index (κ1) is 25.0. The zero-order valence-corrected chi connectivity index (χ0v) is 26.3. The predicted octanol–water partition coefficient (Wildman–Crippen LogP) is 3.33. The van der Waals surface area contributed by atoms with Crippen LogP contribution in [0.5, 0.6) is 5.75 Å². The second-order valence-electron chi connectivity index (χ2n) is 10.6. The van der Waals surface area contributed by atoms with Gasteiger partial charge in [-0.25, -0.2) is 9.97 Å². The number of piperazine rings is 1. The monoisotopic (exact) mass is 709 g/mol. The number of carbonyl (C=O) groups excluding carboxylic acids is 2. The molecule has 0 aliphatic carbocycles. The van der Waals surface area contributed by atoms with Crippen LogP contribution in [-0.4, -0.2) is 90.2 Å². The molecule has 1 aromatic carbocycles. The van der Waals surface area contributed by atoms with Gasteiger partial charge in [-0.1, -0.05) is 24.6 Å². The zero-order chi connectivity index (χ0) is 42.2. The third-order valence-corrected chi connectivity index (χ3v) is 7.78. The first-order valence-corrected chi connectivity index (χ1v) is 14.9. The molecule has 1 saturated heterocycles. The average molecular weight is 710 g/mol. The van der Waals surface area contributed by atoms with E-state index in [1.807, 2.05) is 0 Å². The Morgan fingerprint density at radius 1 is 1.18 bits per heavy atom. The number of halogens is 4. The maximum atomic E-state index is 14.5. The molecule has 0 atom stereocenters. The van der Waals surface area contributed by atoms with Gasteiger partial charge in [-0.2, -0.15) is 22.7 Å². The van der Waals surface area contributed by atoms with Gasteiger partial charge < -0.3 is 29.5 Å². The second kappa shape index (κ2) is 13.5. The van der Waals surface area contributed by atoms with Crippen LogP contribution >= 0.6 is 11.6 Å². The summed E-state index contributed by atoms with van der Waals surface area (Å²) in [7, 11) is 0. The Labute approximate surface area is 293 Å². The maximum absolute atomic E-state index is 14.5. The molecule has 2 N–H and O–H groups in total. The van der Waals surface area contributed by atoms with Crippen molar-refractivity contribution in [2.24, 2.45) is 0 Å². The molecule has 4 aromatic rings. The van der Waals surface area contributed by atoms with Gasteiger partial charge in [-0.05, 0) is 43.5 Å². The normalized spacial score (nSPS) is 22.0. The minimum atomic E-state index is -4.75. The van der Waals surface area contributed by atoms with Crippen molar-refractivity contribution in [1.29, 1.82) is 0 Å². The molecule has 14 nitrogen and oxygen atoms in total. The number of alkyl halides is 3. The van der Waals surface area contributed by atoms with Crippen LogP contribution < -0.4 is 15.8 Å². The summed E-state index contributed by atoms with van der Waals surface area (Å²) in [5.41, 5.74) is -4.73. The van der Waals surface area contributed by atoms with Gasteiger partial charge in [-0.15, -0.1) is 5.10 Å². The molecule has 2 aliphatic rings. The maximum Gasteiger partial charge on any atom is 0.416 e. The van der Waals surface area contributed by atoms with E-state index >= 15 is 0 Å². The number of hydrogen-bond acceptors (Lipinski definition) is 10. The van der Waals surface area contributed by atoms with Crippen LogP contribution in [0.25, 0.3) is 11.4 Å². The van der Waals surface area contributed by atoms with Gasteiger partial charge >= 0.3 is 6.18 Å². The summed E-state index contributed by atoms with van der Waals surface area (Å²) in [5.74, 6) is -4.05. The van der Waals surface area contributed by atoms with Crippen molar-refractivity contribution in [3.8, 4) is 5.75 Å². The van der Waals surface area contributed by atoms with Crippen molar-refractivity contribution in [2.75, 3.05) is 49.4 Å². The number of fused-ring (bicyclic) bond motifs is 1. The number of rotatable bonds is 7. The number of nitrogens with zero attached hydrogens (tertiary/aromatic N) is 8. The SMILES string of the molecule is [2H]C1([2H])N(C(=O)c2ncnc(C)c2O)C([2H])([2H])C([2H])([2H])N(c2c(CC)n(CC(=O)Nc3ccc(C(F)(F)F)cc3Cl)c3nc(C4=CCOCC4)nn3c2=O)C1([2H])[2H]. The minimum Gasteiger partial charge on any atom is -0.504 e. The average Bonchev–Trinajstić information content (AvgIpc) is 3.57. The van der Waals surface area contributed by atoms with E-state index < -0.39 is 83.8 Å². The van der Waals surface area contributed by atoms with E-state index in [9.17, 15) is 32.7 Å². The molecule has 3 aromatic heterocycles. The molecule has 0 saturated carbocycles. The molecule has 0 spiro atoms. The molecule has 2 aliphatic heterocycles. The lowest BCUT2D eigenvalue weighted by molar-refractivity contribution is -0.137. The molecule has 6 rings (SSSR count). The Bertz CT molecular complexity index is 2380. The fourth-order valence-corrected chi connectivity index (χ4v) is 5.25. The van der Waals surface area contributed by atoms with E-state index in [-0.39, 0.29) is 64.5 Å². The number of carbonyl (C=O) groups is 2. The van der Waals surface area contributed by atoms with Crippen molar-refractivity contribution in [3.63, 3.8) is 0 Å². The van der Waals surface area contributed by atoms with Crippen LogP contribution in [0.15, 0.2) is 35.4 Å². The molecular weight excluding hydrogens is 671 g/mol. The highest BCUT2D eigenvalue weighted by Crippen LogP contribution is 2.34. The summed E-state index contributed by atoms with van der Waals surface area (Å²) >= 11 is 6.06. The summed E-state index contributed by atoms with van der Waals surface area (Å²) < 4.78 is 119. The van der Waals surface area contributed by atoms with Gasteiger partial charge in [-0.3, -0.25) is 14.4 Å². The third-order valence-electron chi connectivity index (χ3n) is 7.46. The van der Waals surface area contributed by atoms with Gasteiger partial charge in [0.25, 0.3) is 11.5 Å². The van der Waals surface area contributed by atoms with Crippen molar-refractivity contribution >= 4 is 46.1 Å². The number of nitrogens with one attached hydrogen (secondary N) is 1. The number of aromatic nitrogens is 6. The van der Waals surface area contributed by atoms with E-state index in [1.165, 1.54) is 13.8 Å². The topological polar surface area (TPSA) is 160 Å². The van der Waals surface area contributed by atoms with Gasteiger partial charge in [0.15, 0.2) is 17.3 Å². The van der Waals surface area contributed by atoms with Crippen molar-refractivity contribution in [3.05, 3.63) is 74.4 Å². The summed E-state index contributed by atoms with van der Waals surface area (Å²) in [6, 6.07) is 2.16. The van der Waals surface area contributed by atoms with Gasteiger partial charge in [0.05, 0.1) is 51.8 Å². The molecule has 0 unspecified atom stereocenters. The molecule has 1 fully saturated rings. The van der Waals surface area contributed by atoms with Crippen molar-refractivity contribution in [2.45, 2.75) is 39.4 Å². The highest BCUT2D eigenvalue weighted by Gasteiger charge is 2.32. The first-order chi connectivity index (χ1) is 26.4. The largest absolute Gasteiger partial charge is 0.504 e. The van der Waals surface area contributed by atoms with Crippen molar-refractivity contribution < 1.29 is 43.6 Å². The lowest BCUT2D eigenvalue weighted by Crippen LogP contribution is -2.51. The van der Waals surface area contributed by atoms with Gasteiger partial charge in [0.2, 0.25) is 11.7 Å². The van der Waals surface area contributed by atoms with Crippen molar-refractivity contribution in [1.82, 2.24) is 34.0 Å². The van der Waals surface area contributed by atoms with E-state index in [2.05, 4.69) is 25.4 Å². The standard InChI is InChI=1S/C31H31ClF3N9O5/c1-3-22-25(41-8-10-42(11-9-41)28(47)24-26(46)17(2)36-16-37-24)29(48)44-30(39-27(40-44)18-6-12-49-13-7-18)43(22)15-23(45)38-21-5-4-19(14-20(21)32)31(33,34)35/h4-6,14,16,46H,3,7-13,15H2,1-2H3,(H,38,45)/i8D2,9D2,10D2,11D2. The third kappa shape index (κ3) is 6.67. The number of aryl methyl sites for hydroxylation is 1. The fraction of sp³-hybridized carbons (Fsp3) is 0.387. The predicted molar refractivity (Wildman–Crippen MR) is 172 cm³/mol. The number of benzene rings is 1. The molecular formula is C31H31ClF3N9O5. The van der Waals surface area contributed by atoms with Crippen LogP contribution in [0, 0.1) is 6.92 Å². The number of amides is 2. The molecule has 2 amide bonds. The fourth-order valence-electron chi connectivity index (χ4n) is 5.03. The summed E-state index contributed by atoms with van der Waals surface area (Å²) in [6.45, 7) is -13.2. The quantitative estimate of drug-likeness (QED) is 0.291. The lowest BCUT2D eigenvalue weighted by atomic mass is 10.1. The van der Waals surface area contributed by atoms with E-state index in [0.29, 0.717) is 22.2 Å². The summed E-state index contributed by atoms with van der Waals surface area (Å²) in [6.07, 6.45) is -2.42. The Hall–Kier alpha value is -5.03. The van der Waals surface area contributed by atoms with Crippen LogP contribution in [0.2, 0.25) is 5.02 Å². The lowest BCUT2D eigenvalue weighted by Gasteiger charge is -2.36. The summed E-state index contributed by atoms with van der Waals surface area (Å²) in [5, 5.41) is 16.6. The molecule has 5 heterocycles. The van der Waals surface area contributed by atoms with E-state index in [0.717, 1.165) is 17.0 Å². The van der Waals surface area contributed by atoms with Gasteiger partial charge in [0.1, 0.15) is 18.6 Å². The first-order valence-electron chi connectivity index (χ1n) is 18.5. The molecule has 0 radical (unpaired) electrons. The Morgan fingerprint density at radius 3 is 2.59 bits per heavy atom. The molecule has 49 heavy (non-hydrogen) atoms. The van der Waals surface area contributed by atoms with E-state index in [4.69, 9.17) is 27.3 Å². The Morgan fingerprint density at radius 2 is 1.94 bits per heavy atom. The number of hydrogen-bond donors (Lipinski definition) is 2. The van der Waals surface area contributed by atoms with Gasteiger partial charge in [0, 0.05) is 26.0 Å². The Balaban J connectivity index is 1.56. The molecule has 258 valence electrons. The highest BCUT2D eigenvalue weighted by atomic mass is 35.5. The number of ether oxygens (including phenoxy) is 1. The van der Waals surface area contributed by atoms with E-state index in [1.54, 1.807) is 6.08 Å². The number of aromatic hydroxyl groups is 1. The second-order valence-corrected chi connectivity index (χ2v) is 11.0. The van der Waals surface area contributed by atoms with Crippen LogP contribution in [0.3, 0.4) is 0 Å². The van der Waals surface area contributed by atoms with Crippen LogP contribution in [0.1, 0.15) is 57.6 Å². The van der Waals surface area contributed by atoms with Crippen LogP contribution in [-0.2, 0) is 28.7 Å². The number of anilines is 2. The van der Waals surface area contributed by atoms with Crippen LogP contribution in [0.4, 0.5) is 24.5 Å². The minimum absolute atomic E-state index is 0.0541. The molecule has 18 heteroatoms. The smallest absolute Gasteiger partial charge is 0.416 e.